The molecule has 0 aliphatic carbocycles. The molecule has 3 rings (SSSR count). The molecule has 2 aromatic carbocycles. The third-order valence-corrected chi connectivity index (χ3v) is 6.71. The average Bonchev–Trinajstić information content (AvgIpc) is 3.09. The minimum Gasteiger partial charge on any atom is -0.295 e. The summed E-state index contributed by atoms with van der Waals surface area (Å²) in [5.74, 6) is -0.466. The lowest BCUT2D eigenvalue weighted by Crippen LogP contribution is -2.44. The molecule has 1 atom stereocenters. The molecule has 0 aliphatic heterocycles. The zero-order chi connectivity index (χ0) is 23.5. The minimum absolute atomic E-state index is 0.0278. The summed E-state index contributed by atoms with van der Waals surface area (Å²) in [5, 5.41) is 4.23. The van der Waals surface area contributed by atoms with Gasteiger partial charge >= 0.3 is 0 Å². The number of Topliss-reactive ketones (excluding diaryl/α,β-unsaturated/α-hetero) is 1. The molecule has 0 fully saturated rings. The lowest BCUT2D eigenvalue weighted by molar-refractivity contribution is 0.0847. The van der Waals surface area contributed by atoms with E-state index in [0.29, 0.717) is 23.4 Å². The number of aromatic nitrogens is 2. The van der Waals surface area contributed by atoms with Crippen LogP contribution in [0.1, 0.15) is 51.0 Å². The lowest BCUT2D eigenvalue weighted by atomic mass is 10.0. The summed E-state index contributed by atoms with van der Waals surface area (Å²) in [6, 6.07) is 14.3. The number of nitrogens with one attached hydrogen (secondary N) is 1. The van der Waals surface area contributed by atoms with Crippen LogP contribution in [0.25, 0.3) is 0 Å². The number of ketones is 1. The van der Waals surface area contributed by atoms with Gasteiger partial charge in [-0.15, -0.1) is 0 Å². The van der Waals surface area contributed by atoms with Gasteiger partial charge in [0, 0.05) is 11.3 Å². The second-order valence-electron chi connectivity index (χ2n) is 7.96. The number of sulfonamides is 1. The van der Waals surface area contributed by atoms with Gasteiger partial charge in [-0.3, -0.25) is 9.59 Å². The number of aryl methyl sites for hydroxylation is 4. The molecule has 7 nitrogen and oxygen atoms in total. The van der Waals surface area contributed by atoms with Crippen LogP contribution in [0.3, 0.4) is 0 Å². The molecular formula is C24H27N3O4S. The second-order valence-corrected chi connectivity index (χ2v) is 9.67. The first-order valence-corrected chi connectivity index (χ1v) is 11.8. The first-order chi connectivity index (χ1) is 15.1. The summed E-state index contributed by atoms with van der Waals surface area (Å²) < 4.78 is 29.8. The van der Waals surface area contributed by atoms with Gasteiger partial charge in [0.25, 0.3) is 5.91 Å². The van der Waals surface area contributed by atoms with E-state index in [9.17, 15) is 18.0 Å². The highest BCUT2D eigenvalue weighted by molar-refractivity contribution is 7.89. The zero-order valence-electron chi connectivity index (χ0n) is 18.6. The molecule has 1 heterocycles. The Morgan fingerprint density at radius 1 is 1.00 bits per heavy atom. The van der Waals surface area contributed by atoms with Crippen molar-refractivity contribution in [2.75, 3.05) is 0 Å². The Hall–Kier alpha value is -3.10. The Labute approximate surface area is 188 Å². The normalized spacial score (nSPS) is 12.5. The van der Waals surface area contributed by atoms with Crippen LogP contribution in [0.4, 0.5) is 0 Å². The fraction of sp³-hybridized carbons (Fsp3) is 0.292. The molecule has 1 aromatic heterocycles. The fourth-order valence-electron chi connectivity index (χ4n) is 3.42. The molecule has 0 saturated heterocycles. The van der Waals surface area contributed by atoms with Crippen molar-refractivity contribution in [3.8, 4) is 0 Å². The Morgan fingerprint density at radius 2 is 1.62 bits per heavy atom. The van der Waals surface area contributed by atoms with Gasteiger partial charge in [-0.1, -0.05) is 42.0 Å². The van der Waals surface area contributed by atoms with Crippen molar-refractivity contribution in [2.45, 2.75) is 51.5 Å². The molecule has 32 heavy (non-hydrogen) atoms. The van der Waals surface area contributed by atoms with E-state index >= 15 is 0 Å². The summed E-state index contributed by atoms with van der Waals surface area (Å²) >= 11 is 0. The molecule has 3 aromatic rings. The van der Waals surface area contributed by atoms with Crippen molar-refractivity contribution in [3.05, 3.63) is 82.7 Å². The van der Waals surface area contributed by atoms with Gasteiger partial charge in [0.1, 0.15) is 6.04 Å². The van der Waals surface area contributed by atoms with Crippen LogP contribution in [-0.2, 0) is 16.4 Å². The van der Waals surface area contributed by atoms with E-state index in [1.165, 1.54) is 23.7 Å². The van der Waals surface area contributed by atoms with Crippen LogP contribution in [0, 0.1) is 20.8 Å². The molecule has 0 spiro atoms. The van der Waals surface area contributed by atoms with Gasteiger partial charge in [-0.05, 0) is 64.3 Å². The monoisotopic (exact) mass is 453 g/mol. The van der Waals surface area contributed by atoms with Crippen molar-refractivity contribution < 1.29 is 18.0 Å². The maximum Gasteiger partial charge on any atom is 0.265 e. The SMILES string of the molecule is CC(=O)c1ccc(CCC(NS(=O)(=O)c2ccc(C)cc2)C(=O)n2nc(C)cc2C)cc1. The predicted molar refractivity (Wildman–Crippen MR) is 122 cm³/mol. The average molecular weight is 454 g/mol. The zero-order valence-corrected chi connectivity index (χ0v) is 19.4. The molecule has 168 valence electrons. The molecule has 1 N–H and O–H groups in total. The van der Waals surface area contributed by atoms with E-state index in [1.807, 2.05) is 19.1 Å². The quantitative estimate of drug-likeness (QED) is 0.525. The van der Waals surface area contributed by atoms with Gasteiger partial charge < -0.3 is 0 Å². The summed E-state index contributed by atoms with van der Waals surface area (Å²) in [5.41, 5.74) is 3.75. The molecule has 1 unspecified atom stereocenters. The van der Waals surface area contributed by atoms with E-state index < -0.39 is 22.0 Å². The molecule has 0 amide bonds. The van der Waals surface area contributed by atoms with Crippen molar-refractivity contribution in [1.82, 2.24) is 14.5 Å². The number of rotatable bonds is 8. The van der Waals surface area contributed by atoms with Crippen molar-refractivity contribution in [1.29, 1.82) is 0 Å². The molecule has 0 aliphatic rings. The summed E-state index contributed by atoms with van der Waals surface area (Å²) in [6.07, 6.45) is 0.687. The number of nitrogens with zero attached hydrogens (tertiary/aromatic N) is 2. The van der Waals surface area contributed by atoms with Gasteiger partial charge in [0.05, 0.1) is 10.6 Å². The lowest BCUT2D eigenvalue weighted by Gasteiger charge is -2.18. The standard InChI is InChI=1S/C24H27N3O4S/c1-16-5-12-22(13-6-16)32(30,31)26-23(24(29)27-18(3)15-17(2)25-27)14-9-20-7-10-21(11-8-20)19(4)28/h5-8,10-13,15,23,26H,9,14H2,1-4H3. The van der Waals surface area contributed by atoms with Gasteiger partial charge in [-0.25, -0.2) is 13.1 Å². The van der Waals surface area contributed by atoms with E-state index in [0.717, 1.165) is 11.1 Å². The first-order valence-electron chi connectivity index (χ1n) is 10.3. The van der Waals surface area contributed by atoms with Crippen molar-refractivity contribution in [3.63, 3.8) is 0 Å². The Kier molecular flexibility index (Phi) is 7.06. The molecular weight excluding hydrogens is 426 g/mol. The maximum absolute atomic E-state index is 13.2. The van der Waals surface area contributed by atoms with Crippen LogP contribution in [0.15, 0.2) is 59.5 Å². The van der Waals surface area contributed by atoms with E-state index in [4.69, 9.17) is 0 Å². The van der Waals surface area contributed by atoms with Crippen LogP contribution in [-0.4, -0.2) is 35.9 Å². The number of carbonyl (C=O) groups is 2. The molecule has 8 heteroatoms. The smallest absolute Gasteiger partial charge is 0.265 e. The number of hydrogen-bond donors (Lipinski definition) is 1. The second kappa shape index (κ2) is 9.58. The first kappa shape index (κ1) is 23.6. The van der Waals surface area contributed by atoms with Crippen LogP contribution < -0.4 is 4.72 Å². The Balaban J connectivity index is 1.86. The predicted octanol–water partition coefficient (Wildman–Crippen LogP) is 3.63. The largest absolute Gasteiger partial charge is 0.295 e. The highest BCUT2D eigenvalue weighted by atomic mass is 32.2. The summed E-state index contributed by atoms with van der Waals surface area (Å²) in [4.78, 5) is 24.8. The highest BCUT2D eigenvalue weighted by Gasteiger charge is 2.28. The third kappa shape index (κ3) is 5.57. The van der Waals surface area contributed by atoms with Gasteiger partial charge in [0.2, 0.25) is 10.0 Å². The third-order valence-electron chi connectivity index (χ3n) is 5.23. The number of benzene rings is 2. The van der Waals surface area contributed by atoms with Gasteiger partial charge in [0.15, 0.2) is 5.78 Å². The molecule has 0 radical (unpaired) electrons. The number of carbonyl (C=O) groups excluding carboxylic acids is 2. The maximum atomic E-state index is 13.2. The van der Waals surface area contributed by atoms with E-state index in [-0.39, 0.29) is 17.1 Å². The van der Waals surface area contributed by atoms with Crippen LogP contribution >= 0.6 is 0 Å². The molecule has 0 saturated carbocycles. The van der Waals surface area contributed by atoms with Gasteiger partial charge in [-0.2, -0.15) is 9.82 Å². The highest BCUT2D eigenvalue weighted by Crippen LogP contribution is 2.15. The summed E-state index contributed by atoms with van der Waals surface area (Å²) in [6.45, 7) is 6.90. The van der Waals surface area contributed by atoms with Crippen molar-refractivity contribution >= 4 is 21.7 Å². The van der Waals surface area contributed by atoms with E-state index in [1.54, 1.807) is 44.2 Å². The minimum atomic E-state index is -3.91. The Morgan fingerprint density at radius 3 is 2.16 bits per heavy atom. The van der Waals surface area contributed by atoms with Crippen molar-refractivity contribution in [2.24, 2.45) is 0 Å². The van der Waals surface area contributed by atoms with E-state index in [2.05, 4.69) is 9.82 Å². The van der Waals surface area contributed by atoms with Crippen LogP contribution in [0.2, 0.25) is 0 Å². The van der Waals surface area contributed by atoms with Crippen LogP contribution in [0.5, 0.6) is 0 Å². The topological polar surface area (TPSA) is 98.1 Å². The number of hydrogen-bond acceptors (Lipinski definition) is 5. The summed E-state index contributed by atoms with van der Waals surface area (Å²) in [7, 11) is -3.91. The Bertz CT molecular complexity index is 1230. The molecule has 0 bridgehead atoms. The fourth-order valence-corrected chi connectivity index (χ4v) is 4.65.